The molecule has 0 aromatic heterocycles. The molecule has 0 amide bonds. The summed E-state index contributed by atoms with van der Waals surface area (Å²) in [6, 6.07) is 5.38. The fraction of sp³-hybridized carbons (Fsp3) is 0.455. The predicted octanol–water partition coefficient (Wildman–Crippen LogP) is 1.92. The minimum atomic E-state index is -0.640. The normalized spacial score (nSPS) is 19.9. The molecule has 1 aliphatic heterocycles. The molecular formula is C11H14O3. The molecule has 76 valence electrons. The van der Waals surface area contributed by atoms with Crippen LogP contribution in [0, 0.1) is 6.92 Å². The van der Waals surface area contributed by atoms with Gasteiger partial charge >= 0.3 is 0 Å². The predicted molar refractivity (Wildman–Crippen MR) is 52.1 cm³/mol. The minimum Gasteiger partial charge on any atom is -0.508 e. The molecule has 1 fully saturated rings. The summed E-state index contributed by atoms with van der Waals surface area (Å²) in [6.07, 6.45) is 0. The Bertz CT molecular complexity index is 340. The van der Waals surface area contributed by atoms with Crippen molar-refractivity contribution in [1.82, 2.24) is 0 Å². The Morgan fingerprint density at radius 1 is 1.29 bits per heavy atom. The van der Waals surface area contributed by atoms with E-state index in [0.29, 0.717) is 19.0 Å². The Morgan fingerprint density at radius 2 is 1.93 bits per heavy atom. The van der Waals surface area contributed by atoms with Crippen LogP contribution in [0.3, 0.4) is 0 Å². The fourth-order valence-electron chi connectivity index (χ4n) is 1.62. The Labute approximate surface area is 83.3 Å². The minimum absolute atomic E-state index is 0.301. The van der Waals surface area contributed by atoms with E-state index in [-0.39, 0.29) is 0 Å². The van der Waals surface area contributed by atoms with Crippen molar-refractivity contribution in [2.45, 2.75) is 19.6 Å². The van der Waals surface area contributed by atoms with Crippen LogP contribution in [-0.4, -0.2) is 18.3 Å². The van der Waals surface area contributed by atoms with E-state index in [1.165, 1.54) is 0 Å². The number of ether oxygens (including phenoxy) is 2. The maximum absolute atomic E-state index is 9.39. The van der Waals surface area contributed by atoms with Crippen LogP contribution in [0.4, 0.5) is 0 Å². The summed E-state index contributed by atoms with van der Waals surface area (Å²) >= 11 is 0. The molecule has 3 heteroatoms. The molecule has 1 saturated heterocycles. The largest absolute Gasteiger partial charge is 0.508 e. The van der Waals surface area contributed by atoms with Crippen LogP contribution >= 0.6 is 0 Å². The quantitative estimate of drug-likeness (QED) is 0.742. The lowest BCUT2D eigenvalue weighted by Crippen LogP contribution is -2.22. The zero-order valence-corrected chi connectivity index (χ0v) is 8.41. The molecule has 1 N–H and O–H groups in total. The summed E-state index contributed by atoms with van der Waals surface area (Å²) in [6.45, 7) is 5.00. The molecule has 3 nitrogen and oxygen atoms in total. The Balaban J connectivity index is 2.36. The number of hydrogen-bond acceptors (Lipinski definition) is 3. The molecule has 0 saturated carbocycles. The van der Waals surface area contributed by atoms with Crippen LogP contribution in [0.5, 0.6) is 5.75 Å². The first-order chi connectivity index (χ1) is 6.62. The summed E-state index contributed by atoms with van der Waals surface area (Å²) in [5.41, 5.74) is 1.79. The Morgan fingerprint density at radius 3 is 2.50 bits per heavy atom. The maximum atomic E-state index is 9.39. The molecular weight excluding hydrogens is 180 g/mol. The van der Waals surface area contributed by atoms with Gasteiger partial charge in [0, 0.05) is 5.56 Å². The highest BCUT2D eigenvalue weighted by Crippen LogP contribution is 2.32. The van der Waals surface area contributed by atoms with Gasteiger partial charge in [-0.15, -0.1) is 0 Å². The Kier molecular flexibility index (Phi) is 2.21. The topological polar surface area (TPSA) is 38.7 Å². The number of phenolic OH excluding ortho intramolecular Hbond substituents is 1. The molecule has 0 radical (unpaired) electrons. The second-order valence-corrected chi connectivity index (χ2v) is 3.64. The van der Waals surface area contributed by atoms with Crippen LogP contribution < -0.4 is 0 Å². The fourth-order valence-corrected chi connectivity index (χ4v) is 1.62. The number of hydrogen-bond donors (Lipinski definition) is 1. The highest BCUT2D eigenvalue weighted by molar-refractivity contribution is 5.36. The van der Waals surface area contributed by atoms with Crippen molar-refractivity contribution >= 4 is 0 Å². The molecule has 0 bridgehead atoms. The van der Waals surface area contributed by atoms with Crippen molar-refractivity contribution in [2.75, 3.05) is 13.2 Å². The standard InChI is InChI=1S/C11H14O3/c1-8-7-9(3-4-10(8)12)11(2)13-5-6-14-11/h3-4,7,12H,5-6H2,1-2H3. The molecule has 0 spiro atoms. The van der Waals surface area contributed by atoms with Crippen molar-refractivity contribution in [3.05, 3.63) is 29.3 Å². The van der Waals surface area contributed by atoms with E-state index >= 15 is 0 Å². The molecule has 14 heavy (non-hydrogen) atoms. The summed E-state index contributed by atoms with van der Waals surface area (Å²) in [7, 11) is 0. The van der Waals surface area contributed by atoms with Crippen LogP contribution in [0.25, 0.3) is 0 Å². The van der Waals surface area contributed by atoms with Gasteiger partial charge in [-0.25, -0.2) is 0 Å². The van der Waals surface area contributed by atoms with Crippen molar-refractivity contribution < 1.29 is 14.6 Å². The monoisotopic (exact) mass is 194 g/mol. The third-order valence-electron chi connectivity index (χ3n) is 2.56. The lowest BCUT2D eigenvalue weighted by Gasteiger charge is -2.23. The van der Waals surface area contributed by atoms with E-state index < -0.39 is 5.79 Å². The van der Waals surface area contributed by atoms with Gasteiger partial charge in [0.05, 0.1) is 13.2 Å². The van der Waals surface area contributed by atoms with E-state index in [1.807, 2.05) is 26.0 Å². The highest BCUT2D eigenvalue weighted by atomic mass is 16.7. The van der Waals surface area contributed by atoms with Gasteiger partial charge in [-0.3, -0.25) is 0 Å². The van der Waals surface area contributed by atoms with Crippen molar-refractivity contribution in [1.29, 1.82) is 0 Å². The number of aromatic hydroxyl groups is 1. The van der Waals surface area contributed by atoms with Gasteiger partial charge < -0.3 is 14.6 Å². The highest BCUT2D eigenvalue weighted by Gasteiger charge is 2.33. The second kappa shape index (κ2) is 3.26. The number of rotatable bonds is 1. The van der Waals surface area contributed by atoms with Crippen LogP contribution in [-0.2, 0) is 15.3 Å². The first kappa shape index (κ1) is 9.49. The Hall–Kier alpha value is -1.06. The SMILES string of the molecule is Cc1cc(C2(C)OCCO2)ccc1O. The van der Waals surface area contributed by atoms with Crippen molar-refractivity contribution in [2.24, 2.45) is 0 Å². The third kappa shape index (κ3) is 1.49. The lowest BCUT2D eigenvalue weighted by molar-refractivity contribution is -0.149. The molecule has 0 atom stereocenters. The smallest absolute Gasteiger partial charge is 0.192 e. The molecule has 0 unspecified atom stereocenters. The van der Waals surface area contributed by atoms with Crippen LogP contribution in [0.15, 0.2) is 18.2 Å². The molecule has 0 aliphatic carbocycles. The van der Waals surface area contributed by atoms with E-state index in [9.17, 15) is 5.11 Å². The summed E-state index contributed by atoms with van der Waals surface area (Å²) < 4.78 is 11.0. The molecule has 1 aromatic rings. The van der Waals surface area contributed by atoms with Gasteiger partial charge in [0.25, 0.3) is 0 Å². The second-order valence-electron chi connectivity index (χ2n) is 3.64. The van der Waals surface area contributed by atoms with E-state index in [2.05, 4.69) is 0 Å². The summed E-state index contributed by atoms with van der Waals surface area (Å²) in [5.74, 6) is -0.339. The number of aryl methyl sites for hydroxylation is 1. The number of phenols is 1. The average molecular weight is 194 g/mol. The van der Waals surface area contributed by atoms with Crippen LogP contribution in [0.1, 0.15) is 18.1 Å². The zero-order valence-electron chi connectivity index (χ0n) is 8.41. The van der Waals surface area contributed by atoms with Crippen LogP contribution in [0.2, 0.25) is 0 Å². The van der Waals surface area contributed by atoms with Gasteiger partial charge in [0.15, 0.2) is 5.79 Å². The van der Waals surface area contributed by atoms with Gasteiger partial charge in [0.1, 0.15) is 5.75 Å². The average Bonchev–Trinajstić information content (AvgIpc) is 2.58. The van der Waals surface area contributed by atoms with Crippen molar-refractivity contribution in [3.8, 4) is 5.75 Å². The summed E-state index contributed by atoms with van der Waals surface area (Å²) in [4.78, 5) is 0. The molecule has 1 aromatic carbocycles. The molecule has 2 rings (SSSR count). The number of benzene rings is 1. The van der Waals surface area contributed by atoms with Gasteiger partial charge in [-0.05, 0) is 37.6 Å². The van der Waals surface area contributed by atoms with Gasteiger partial charge in [-0.1, -0.05) is 0 Å². The summed E-state index contributed by atoms with van der Waals surface area (Å²) in [5, 5.41) is 9.39. The maximum Gasteiger partial charge on any atom is 0.192 e. The third-order valence-corrected chi connectivity index (χ3v) is 2.56. The first-order valence-electron chi connectivity index (χ1n) is 4.70. The zero-order chi connectivity index (χ0) is 10.2. The van der Waals surface area contributed by atoms with Crippen molar-refractivity contribution in [3.63, 3.8) is 0 Å². The first-order valence-corrected chi connectivity index (χ1v) is 4.70. The van der Waals surface area contributed by atoms with E-state index in [4.69, 9.17) is 9.47 Å². The van der Waals surface area contributed by atoms with E-state index in [0.717, 1.165) is 11.1 Å². The van der Waals surface area contributed by atoms with Gasteiger partial charge in [-0.2, -0.15) is 0 Å². The lowest BCUT2D eigenvalue weighted by atomic mass is 10.0. The molecule has 1 heterocycles. The molecule has 1 aliphatic rings. The van der Waals surface area contributed by atoms with E-state index in [1.54, 1.807) is 6.07 Å². The van der Waals surface area contributed by atoms with Gasteiger partial charge in [0.2, 0.25) is 0 Å².